The smallest absolute Gasteiger partial charge is 0.0408 e. The minimum absolute atomic E-state index is 0.652. The van der Waals surface area contributed by atoms with E-state index in [1.165, 1.54) is 18.4 Å². The number of nitrogens with one attached hydrogen (secondary N) is 1. The monoisotopic (exact) mass is 209 g/mol. The maximum atomic E-state index is 5.99. The summed E-state index contributed by atoms with van der Waals surface area (Å²) in [5.41, 5.74) is 1.38. The number of hydrogen-bond donors (Lipinski definition) is 1. The molecule has 0 amide bonds. The first-order valence-corrected chi connectivity index (χ1v) is 5.59. The van der Waals surface area contributed by atoms with Crippen molar-refractivity contribution in [3.05, 3.63) is 34.9 Å². The summed E-state index contributed by atoms with van der Waals surface area (Å²) < 4.78 is 0. The van der Waals surface area contributed by atoms with Gasteiger partial charge in [-0.15, -0.1) is 0 Å². The Morgan fingerprint density at radius 1 is 1.50 bits per heavy atom. The molecule has 1 atom stereocenters. The number of rotatable bonds is 4. The first kappa shape index (κ1) is 10.0. The number of benzene rings is 1. The van der Waals surface area contributed by atoms with Crippen LogP contribution in [0.25, 0.3) is 0 Å². The topological polar surface area (TPSA) is 12.0 Å². The normalized spacial score (nSPS) is 18.1. The van der Waals surface area contributed by atoms with Gasteiger partial charge in [-0.2, -0.15) is 0 Å². The van der Waals surface area contributed by atoms with Crippen LogP contribution in [0.2, 0.25) is 5.02 Å². The average Bonchev–Trinajstić information content (AvgIpc) is 2.97. The fourth-order valence-electron chi connectivity index (χ4n) is 2.01. The molecule has 1 aliphatic carbocycles. The fourth-order valence-corrected chi connectivity index (χ4v) is 2.21. The van der Waals surface area contributed by atoms with Crippen molar-refractivity contribution in [1.82, 2.24) is 5.32 Å². The van der Waals surface area contributed by atoms with E-state index >= 15 is 0 Å². The highest BCUT2D eigenvalue weighted by Gasteiger charge is 2.31. The third-order valence-corrected chi connectivity index (χ3v) is 3.13. The molecule has 76 valence electrons. The molecule has 1 aliphatic rings. The molecule has 14 heavy (non-hydrogen) atoms. The average molecular weight is 210 g/mol. The summed E-state index contributed by atoms with van der Waals surface area (Å²) in [4.78, 5) is 0. The summed E-state index contributed by atoms with van der Waals surface area (Å²) in [6.45, 7) is 1.06. The van der Waals surface area contributed by atoms with Crippen LogP contribution in [0.5, 0.6) is 0 Å². The Kier molecular flexibility index (Phi) is 3.09. The Morgan fingerprint density at radius 3 is 2.86 bits per heavy atom. The summed E-state index contributed by atoms with van der Waals surface area (Å²) in [5.74, 6) is 1.53. The van der Waals surface area contributed by atoms with E-state index in [4.69, 9.17) is 11.6 Å². The molecule has 2 rings (SSSR count). The first-order valence-electron chi connectivity index (χ1n) is 5.21. The van der Waals surface area contributed by atoms with Gasteiger partial charge in [-0.3, -0.25) is 0 Å². The van der Waals surface area contributed by atoms with Gasteiger partial charge < -0.3 is 5.32 Å². The van der Waals surface area contributed by atoms with Gasteiger partial charge >= 0.3 is 0 Å². The van der Waals surface area contributed by atoms with Gasteiger partial charge in [0.15, 0.2) is 0 Å². The molecule has 0 aromatic heterocycles. The molecule has 1 fully saturated rings. The molecule has 1 aromatic carbocycles. The van der Waals surface area contributed by atoms with Gasteiger partial charge in [-0.25, -0.2) is 0 Å². The van der Waals surface area contributed by atoms with Crippen LogP contribution in [0.3, 0.4) is 0 Å². The third-order valence-electron chi connectivity index (χ3n) is 2.89. The summed E-state index contributed by atoms with van der Waals surface area (Å²) >= 11 is 5.99. The lowest BCUT2D eigenvalue weighted by atomic mass is 9.94. The van der Waals surface area contributed by atoms with Gasteiger partial charge in [-0.1, -0.05) is 23.7 Å². The largest absolute Gasteiger partial charge is 0.319 e. The van der Waals surface area contributed by atoms with Crippen molar-refractivity contribution in [2.24, 2.45) is 5.92 Å². The molecular weight excluding hydrogens is 194 g/mol. The van der Waals surface area contributed by atoms with Crippen LogP contribution in [-0.2, 0) is 0 Å². The molecule has 1 unspecified atom stereocenters. The molecule has 1 N–H and O–H groups in total. The lowest BCUT2D eigenvalue weighted by molar-refractivity contribution is 0.567. The van der Waals surface area contributed by atoms with Crippen molar-refractivity contribution >= 4 is 11.6 Å². The second kappa shape index (κ2) is 4.33. The van der Waals surface area contributed by atoms with Crippen molar-refractivity contribution in [3.8, 4) is 0 Å². The Labute approximate surface area is 90.5 Å². The molecular formula is C12H16ClN. The zero-order valence-electron chi connectivity index (χ0n) is 8.46. The fraction of sp³-hybridized carbons (Fsp3) is 0.500. The van der Waals surface area contributed by atoms with E-state index in [-0.39, 0.29) is 0 Å². The number of hydrogen-bond acceptors (Lipinski definition) is 1. The summed E-state index contributed by atoms with van der Waals surface area (Å²) in [6.07, 6.45) is 2.75. The predicted molar refractivity (Wildman–Crippen MR) is 60.8 cm³/mol. The molecule has 1 aromatic rings. The quantitative estimate of drug-likeness (QED) is 0.804. The zero-order chi connectivity index (χ0) is 9.97. The summed E-state index contributed by atoms with van der Waals surface area (Å²) in [6, 6.07) is 8.27. The van der Waals surface area contributed by atoms with Gasteiger partial charge in [0.05, 0.1) is 0 Å². The van der Waals surface area contributed by atoms with Crippen LogP contribution < -0.4 is 5.32 Å². The van der Waals surface area contributed by atoms with Crippen LogP contribution in [0.15, 0.2) is 24.3 Å². The molecule has 0 heterocycles. The highest BCUT2D eigenvalue weighted by molar-refractivity contribution is 6.30. The molecule has 1 saturated carbocycles. The van der Waals surface area contributed by atoms with E-state index in [1.54, 1.807) is 0 Å². The van der Waals surface area contributed by atoms with Gasteiger partial charge in [0.2, 0.25) is 0 Å². The van der Waals surface area contributed by atoms with Crippen molar-refractivity contribution < 1.29 is 0 Å². The van der Waals surface area contributed by atoms with Crippen LogP contribution >= 0.6 is 11.6 Å². The van der Waals surface area contributed by atoms with Crippen molar-refractivity contribution in [2.45, 2.75) is 18.8 Å². The molecule has 1 nitrogen and oxygen atoms in total. The zero-order valence-corrected chi connectivity index (χ0v) is 9.22. The molecule has 2 heteroatoms. The SMILES string of the molecule is CNCC(c1cccc(Cl)c1)C1CC1. The maximum absolute atomic E-state index is 5.99. The maximum Gasteiger partial charge on any atom is 0.0408 e. The third kappa shape index (κ3) is 2.28. The van der Waals surface area contributed by atoms with E-state index in [0.717, 1.165) is 17.5 Å². The van der Waals surface area contributed by atoms with Crippen LogP contribution in [0.1, 0.15) is 24.3 Å². The van der Waals surface area contributed by atoms with E-state index in [1.807, 2.05) is 19.2 Å². The Bertz CT molecular complexity index is 307. The van der Waals surface area contributed by atoms with Gasteiger partial charge in [0.25, 0.3) is 0 Å². The molecule has 0 aliphatic heterocycles. The first-order chi connectivity index (χ1) is 6.81. The van der Waals surface area contributed by atoms with E-state index in [0.29, 0.717) is 5.92 Å². The minimum Gasteiger partial charge on any atom is -0.319 e. The van der Waals surface area contributed by atoms with Crippen LogP contribution in [-0.4, -0.2) is 13.6 Å². The number of halogens is 1. The molecule has 0 saturated heterocycles. The standard InChI is InChI=1S/C12H16ClN/c1-14-8-12(9-5-6-9)10-3-2-4-11(13)7-10/h2-4,7,9,12,14H,5-6,8H2,1H3. The van der Waals surface area contributed by atoms with Crippen molar-refractivity contribution in [2.75, 3.05) is 13.6 Å². The van der Waals surface area contributed by atoms with E-state index in [2.05, 4.69) is 17.4 Å². The predicted octanol–water partition coefficient (Wildman–Crippen LogP) is 3.05. The lowest BCUT2D eigenvalue weighted by Crippen LogP contribution is -2.18. The minimum atomic E-state index is 0.652. The summed E-state index contributed by atoms with van der Waals surface area (Å²) in [7, 11) is 2.01. The Morgan fingerprint density at radius 2 is 2.29 bits per heavy atom. The molecule has 0 spiro atoms. The van der Waals surface area contributed by atoms with Gasteiger partial charge in [-0.05, 0) is 49.4 Å². The van der Waals surface area contributed by atoms with E-state index in [9.17, 15) is 0 Å². The van der Waals surface area contributed by atoms with E-state index < -0.39 is 0 Å². The van der Waals surface area contributed by atoms with Gasteiger partial charge in [0.1, 0.15) is 0 Å². The second-order valence-electron chi connectivity index (χ2n) is 4.06. The Balaban J connectivity index is 2.16. The Hall–Kier alpha value is -0.530. The highest BCUT2D eigenvalue weighted by Crippen LogP contribution is 2.42. The van der Waals surface area contributed by atoms with Crippen molar-refractivity contribution in [1.29, 1.82) is 0 Å². The number of likely N-dealkylation sites (N-methyl/N-ethyl adjacent to an activating group) is 1. The van der Waals surface area contributed by atoms with Crippen LogP contribution in [0.4, 0.5) is 0 Å². The lowest BCUT2D eigenvalue weighted by Gasteiger charge is -2.16. The summed E-state index contributed by atoms with van der Waals surface area (Å²) in [5, 5.41) is 4.12. The van der Waals surface area contributed by atoms with Crippen LogP contribution in [0, 0.1) is 5.92 Å². The molecule has 0 radical (unpaired) electrons. The highest BCUT2D eigenvalue weighted by atomic mass is 35.5. The van der Waals surface area contributed by atoms with Gasteiger partial charge in [0, 0.05) is 11.6 Å². The molecule has 0 bridgehead atoms. The second-order valence-corrected chi connectivity index (χ2v) is 4.49. The van der Waals surface area contributed by atoms with Crippen molar-refractivity contribution in [3.63, 3.8) is 0 Å².